The van der Waals surface area contributed by atoms with Crippen LogP contribution in [0.4, 0.5) is 5.69 Å². The number of anilines is 1. The van der Waals surface area contributed by atoms with Crippen LogP contribution >= 0.6 is 0 Å². The number of para-hydroxylation sites is 1. The van der Waals surface area contributed by atoms with E-state index < -0.39 is 16.4 Å². The second-order valence-corrected chi connectivity index (χ2v) is 7.51. The lowest BCUT2D eigenvalue weighted by molar-refractivity contribution is -0.167. The molecular formula is C18H21NO3. The molecule has 0 spiro atoms. The van der Waals surface area contributed by atoms with Gasteiger partial charge < -0.3 is 9.64 Å². The number of carbonyl (C=O) groups is 2. The zero-order valence-electron chi connectivity index (χ0n) is 13.3. The van der Waals surface area contributed by atoms with Crippen molar-refractivity contribution in [1.29, 1.82) is 0 Å². The first-order valence-electron chi connectivity index (χ1n) is 7.97. The minimum atomic E-state index is -1.00. The van der Waals surface area contributed by atoms with Crippen LogP contribution in [0.15, 0.2) is 24.3 Å². The van der Waals surface area contributed by atoms with Gasteiger partial charge in [-0.05, 0) is 37.8 Å². The molecule has 2 heterocycles. The van der Waals surface area contributed by atoms with Crippen molar-refractivity contribution in [2.75, 3.05) is 11.4 Å². The van der Waals surface area contributed by atoms with Crippen molar-refractivity contribution in [3.8, 4) is 0 Å². The summed E-state index contributed by atoms with van der Waals surface area (Å²) in [4.78, 5) is 27.5. The highest BCUT2D eigenvalue weighted by Gasteiger charge is 2.76. The van der Waals surface area contributed by atoms with E-state index in [0.29, 0.717) is 13.0 Å². The smallest absolute Gasteiger partial charge is 0.313 e. The average molecular weight is 299 g/mol. The SMILES string of the molecule is CC1(C)[C@@]2(C)CC[C@]1(C(=O)N1CCc3ccccc31)OC2=O. The summed E-state index contributed by atoms with van der Waals surface area (Å²) in [5, 5.41) is 0. The molecule has 4 rings (SSSR count). The van der Waals surface area contributed by atoms with Crippen molar-refractivity contribution >= 4 is 17.6 Å². The highest BCUT2D eigenvalue weighted by molar-refractivity contribution is 6.05. The highest BCUT2D eigenvalue weighted by atomic mass is 16.6. The molecule has 1 aromatic rings. The van der Waals surface area contributed by atoms with Gasteiger partial charge in [-0.15, -0.1) is 0 Å². The summed E-state index contributed by atoms with van der Waals surface area (Å²) < 4.78 is 5.73. The van der Waals surface area contributed by atoms with Crippen LogP contribution in [-0.2, 0) is 20.7 Å². The van der Waals surface area contributed by atoms with E-state index >= 15 is 0 Å². The Balaban J connectivity index is 1.77. The van der Waals surface area contributed by atoms with Crippen LogP contribution in [0.1, 0.15) is 39.2 Å². The number of rotatable bonds is 1. The van der Waals surface area contributed by atoms with Crippen LogP contribution in [0.3, 0.4) is 0 Å². The molecule has 0 unspecified atom stereocenters. The van der Waals surface area contributed by atoms with E-state index in [0.717, 1.165) is 18.5 Å². The number of carbonyl (C=O) groups excluding carboxylic acids is 2. The maximum Gasteiger partial charge on any atom is 0.313 e. The number of fused-ring (bicyclic) bond motifs is 3. The quantitative estimate of drug-likeness (QED) is 0.749. The molecule has 1 saturated heterocycles. The molecule has 2 fully saturated rings. The first-order chi connectivity index (χ1) is 10.3. The fourth-order valence-electron chi connectivity index (χ4n) is 4.49. The number of benzene rings is 1. The van der Waals surface area contributed by atoms with Crippen molar-refractivity contribution in [2.24, 2.45) is 10.8 Å². The Labute approximate surface area is 130 Å². The van der Waals surface area contributed by atoms with E-state index in [4.69, 9.17) is 4.74 Å². The summed E-state index contributed by atoms with van der Waals surface area (Å²) >= 11 is 0. The normalized spacial score (nSPS) is 34.7. The van der Waals surface area contributed by atoms with Gasteiger partial charge in [-0.25, -0.2) is 0 Å². The predicted octanol–water partition coefficient (Wildman–Crippen LogP) is 2.70. The third-order valence-corrected chi connectivity index (χ3v) is 6.56. The van der Waals surface area contributed by atoms with Crippen molar-refractivity contribution in [1.82, 2.24) is 0 Å². The van der Waals surface area contributed by atoms with Gasteiger partial charge in [-0.1, -0.05) is 32.0 Å². The van der Waals surface area contributed by atoms with Gasteiger partial charge in [0, 0.05) is 17.6 Å². The van der Waals surface area contributed by atoms with Crippen molar-refractivity contribution in [3.63, 3.8) is 0 Å². The summed E-state index contributed by atoms with van der Waals surface area (Å²) in [6.07, 6.45) is 2.21. The maximum atomic E-state index is 13.3. The number of ether oxygens (including phenoxy) is 1. The molecule has 1 aromatic carbocycles. The fraction of sp³-hybridized carbons (Fsp3) is 0.556. The largest absolute Gasteiger partial charge is 0.448 e. The molecule has 0 aromatic heterocycles. The summed E-state index contributed by atoms with van der Waals surface area (Å²) in [6.45, 7) is 6.62. The first-order valence-corrected chi connectivity index (χ1v) is 7.97. The molecular weight excluding hydrogens is 278 g/mol. The number of esters is 1. The number of amides is 1. The lowest BCUT2D eigenvalue weighted by Crippen LogP contribution is -2.54. The van der Waals surface area contributed by atoms with E-state index in [1.54, 1.807) is 0 Å². The molecule has 3 aliphatic rings. The molecule has 1 saturated carbocycles. The maximum absolute atomic E-state index is 13.3. The van der Waals surface area contributed by atoms with Gasteiger partial charge >= 0.3 is 5.97 Å². The molecule has 22 heavy (non-hydrogen) atoms. The van der Waals surface area contributed by atoms with Gasteiger partial charge in [-0.3, -0.25) is 9.59 Å². The van der Waals surface area contributed by atoms with E-state index in [1.807, 2.05) is 43.9 Å². The summed E-state index contributed by atoms with van der Waals surface area (Å²) in [6, 6.07) is 7.99. The molecule has 0 radical (unpaired) electrons. The van der Waals surface area contributed by atoms with E-state index in [1.165, 1.54) is 5.56 Å². The molecule has 2 aliphatic heterocycles. The van der Waals surface area contributed by atoms with Crippen LogP contribution in [-0.4, -0.2) is 24.0 Å². The third-order valence-electron chi connectivity index (χ3n) is 6.56. The Kier molecular flexibility index (Phi) is 2.46. The predicted molar refractivity (Wildman–Crippen MR) is 82.4 cm³/mol. The topological polar surface area (TPSA) is 46.6 Å². The Morgan fingerprint density at radius 3 is 2.55 bits per heavy atom. The molecule has 2 bridgehead atoms. The average Bonchev–Trinajstić information content (AvgIpc) is 3.04. The van der Waals surface area contributed by atoms with Crippen LogP contribution in [0.2, 0.25) is 0 Å². The Morgan fingerprint density at radius 2 is 1.91 bits per heavy atom. The van der Waals surface area contributed by atoms with Gasteiger partial charge in [0.15, 0.2) is 5.60 Å². The van der Waals surface area contributed by atoms with E-state index in [9.17, 15) is 9.59 Å². The Morgan fingerprint density at radius 1 is 1.18 bits per heavy atom. The molecule has 0 N–H and O–H groups in total. The monoisotopic (exact) mass is 299 g/mol. The number of nitrogens with zero attached hydrogens (tertiary/aromatic N) is 1. The van der Waals surface area contributed by atoms with Gasteiger partial charge in [0.05, 0.1) is 5.41 Å². The summed E-state index contributed by atoms with van der Waals surface area (Å²) in [5.41, 5.74) is 0.119. The molecule has 1 aliphatic carbocycles. The molecule has 2 atom stereocenters. The van der Waals surface area contributed by atoms with Crippen molar-refractivity contribution in [3.05, 3.63) is 29.8 Å². The second kappa shape index (κ2) is 3.92. The number of hydrogen-bond acceptors (Lipinski definition) is 3. The van der Waals surface area contributed by atoms with Crippen LogP contribution in [0.5, 0.6) is 0 Å². The van der Waals surface area contributed by atoms with E-state index in [2.05, 4.69) is 6.07 Å². The van der Waals surface area contributed by atoms with E-state index in [-0.39, 0.29) is 11.9 Å². The third kappa shape index (κ3) is 1.30. The fourth-order valence-corrected chi connectivity index (χ4v) is 4.49. The lowest BCUT2D eigenvalue weighted by Gasteiger charge is -2.38. The van der Waals surface area contributed by atoms with Gasteiger partial charge in [0.2, 0.25) is 0 Å². The minimum Gasteiger partial charge on any atom is -0.448 e. The summed E-state index contributed by atoms with van der Waals surface area (Å²) in [7, 11) is 0. The second-order valence-electron chi connectivity index (χ2n) is 7.51. The Hall–Kier alpha value is -1.84. The van der Waals surface area contributed by atoms with Crippen molar-refractivity contribution in [2.45, 2.75) is 45.6 Å². The first kappa shape index (κ1) is 13.8. The van der Waals surface area contributed by atoms with Crippen molar-refractivity contribution < 1.29 is 14.3 Å². The van der Waals surface area contributed by atoms with Crippen LogP contribution in [0, 0.1) is 10.8 Å². The molecule has 4 nitrogen and oxygen atoms in total. The standard InChI is InChI=1S/C18H21NO3/c1-16(2)17(3)9-10-18(16,22-15(17)21)14(20)19-11-8-12-6-4-5-7-13(12)19/h4-7H,8-11H2,1-3H3/t17-,18+/m0/s1. The summed E-state index contributed by atoms with van der Waals surface area (Å²) in [5.74, 6) is -0.262. The minimum absolute atomic E-state index is 0.0444. The van der Waals surface area contributed by atoms with Gasteiger partial charge in [0.1, 0.15) is 0 Å². The zero-order valence-corrected chi connectivity index (χ0v) is 13.3. The van der Waals surface area contributed by atoms with Crippen LogP contribution in [0.25, 0.3) is 0 Å². The Bertz CT molecular complexity index is 695. The van der Waals surface area contributed by atoms with Gasteiger partial charge in [0.25, 0.3) is 5.91 Å². The number of hydrogen-bond donors (Lipinski definition) is 0. The molecule has 4 heteroatoms. The highest BCUT2D eigenvalue weighted by Crippen LogP contribution is 2.66. The molecule has 116 valence electrons. The molecule has 1 amide bonds. The lowest BCUT2D eigenvalue weighted by atomic mass is 9.66. The zero-order chi connectivity index (χ0) is 15.8. The van der Waals surface area contributed by atoms with Crippen LogP contribution < -0.4 is 4.90 Å². The van der Waals surface area contributed by atoms with Gasteiger partial charge in [-0.2, -0.15) is 0 Å².